The molecule has 17 heavy (non-hydrogen) atoms. The third kappa shape index (κ3) is 13.9. The number of nitrogens with one attached hydrogen (secondary N) is 1. The largest absolute Gasteiger partial charge is 0.392 e. The Hall–Kier alpha value is -0.0800. The summed E-state index contributed by atoms with van der Waals surface area (Å²) in [5.41, 5.74) is 0. The molecule has 104 valence electrons. The fourth-order valence-electron chi connectivity index (χ4n) is 2.03. The van der Waals surface area contributed by atoms with Crippen LogP contribution in [0.15, 0.2) is 0 Å². The fourth-order valence-corrected chi connectivity index (χ4v) is 2.03. The van der Waals surface area contributed by atoms with E-state index in [4.69, 9.17) is 0 Å². The summed E-state index contributed by atoms with van der Waals surface area (Å²) in [7, 11) is 0. The highest BCUT2D eigenvalue weighted by Crippen LogP contribution is 2.08. The summed E-state index contributed by atoms with van der Waals surface area (Å²) in [5.74, 6) is 0. The molecule has 0 fully saturated rings. The lowest BCUT2D eigenvalue weighted by Gasteiger charge is -2.11. The molecule has 0 aliphatic rings. The molecule has 0 spiro atoms. The van der Waals surface area contributed by atoms with Gasteiger partial charge in [0.2, 0.25) is 0 Å². The highest BCUT2D eigenvalue weighted by Gasteiger charge is 2.02. The minimum Gasteiger partial charge on any atom is -0.392 e. The molecule has 2 heteroatoms. The SMILES string of the molecule is CCCCCCCCC(O)CNCCCCC. The van der Waals surface area contributed by atoms with Gasteiger partial charge in [0.05, 0.1) is 6.10 Å². The van der Waals surface area contributed by atoms with Crippen LogP contribution in [0.25, 0.3) is 0 Å². The lowest BCUT2D eigenvalue weighted by atomic mass is 10.1. The van der Waals surface area contributed by atoms with Crippen LogP contribution >= 0.6 is 0 Å². The van der Waals surface area contributed by atoms with E-state index >= 15 is 0 Å². The Labute approximate surface area is 108 Å². The number of hydrogen-bond donors (Lipinski definition) is 2. The van der Waals surface area contributed by atoms with E-state index < -0.39 is 0 Å². The van der Waals surface area contributed by atoms with Gasteiger partial charge in [-0.05, 0) is 19.4 Å². The molecule has 2 nitrogen and oxygen atoms in total. The lowest BCUT2D eigenvalue weighted by Crippen LogP contribution is -2.27. The van der Waals surface area contributed by atoms with Gasteiger partial charge in [-0.25, -0.2) is 0 Å². The van der Waals surface area contributed by atoms with Crippen LogP contribution in [0.1, 0.15) is 78.1 Å². The van der Waals surface area contributed by atoms with Gasteiger partial charge in [0.1, 0.15) is 0 Å². The summed E-state index contributed by atoms with van der Waals surface area (Å²) < 4.78 is 0. The quantitative estimate of drug-likeness (QED) is 0.481. The van der Waals surface area contributed by atoms with Crippen LogP contribution in [0, 0.1) is 0 Å². The zero-order chi connectivity index (χ0) is 12.8. The van der Waals surface area contributed by atoms with Crippen LogP contribution in [0.3, 0.4) is 0 Å². The van der Waals surface area contributed by atoms with Crippen molar-refractivity contribution in [2.24, 2.45) is 0 Å². The van der Waals surface area contributed by atoms with Gasteiger partial charge in [-0.2, -0.15) is 0 Å². The molecule has 0 aromatic heterocycles. The lowest BCUT2D eigenvalue weighted by molar-refractivity contribution is 0.158. The molecule has 1 atom stereocenters. The zero-order valence-electron chi connectivity index (χ0n) is 12.0. The molecule has 0 amide bonds. The molecule has 0 aliphatic heterocycles. The molecular weight excluding hydrogens is 210 g/mol. The summed E-state index contributed by atoms with van der Waals surface area (Å²) in [4.78, 5) is 0. The summed E-state index contributed by atoms with van der Waals surface area (Å²) in [6.07, 6.45) is 12.5. The fraction of sp³-hybridized carbons (Fsp3) is 1.00. The number of aliphatic hydroxyl groups is 1. The normalized spacial score (nSPS) is 12.9. The Morgan fingerprint density at radius 1 is 0.824 bits per heavy atom. The number of aliphatic hydroxyl groups excluding tert-OH is 1. The van der Waals surface area contributed by atoms with Crippen LogP contribution < -0.4 is 5.32 Å². The Balaban J connectivity index is 3.09. The summed E-state index contributed by atoms with van der Waals surface area (Å²) in [5, 5.41) is 13.1. The summed E-state index contributed by atoms with van der Waals surface area (Å²) in [6, 6.07) is 0. The van der Waals surface area contributed by atoms with Crippen molar-refractivity contribution in [2.75, 3.05) is 13.1 Å². The molecule has 0 heterocycles. The summed E-state index contributed by atoms with van der Waals surface area (Å²) in [6.45, 7) is 6.29. The Bertz CT molecular complexity index is 139. The molecular formula is C15H33NO. The van der Waals surface area contributed by atoms with Crippen molar-refractivity contribution < 1.29 is 5.11 Å². The first-order valence-corrected chi connectivity index (χ1v) is 7.70. The first-order valence-electron chi connectivity index (χ1n) is 7.70. The minimum absolute atomic E-state index is 0.136. The second kappa shape index (κ2) is 14.0. The van der Waals surface area contributed by atoms with Gasteiger partial charge in [-0.3, -0.25) is 0 Å². The molecule has 2 N–H and O–H groups in total. The van der Waals surface area contributed by atoms with Crippen molar-refractivity contribution in [1.29, 1.82) is 0 Å². The summed E-state index contributed by atoms with van der Waals surface area (Å²) >= 11 is 0. The molecule has 0 saturated heterocycles. The molecule has 0 rings (SSSR count). The Morgan fingerprint density at radius 2 is 1.41 bits per heavy atom. The molecule has 0 bridgehead atoms. The van der Waals surface area contributed by atoms with Crippen molar-refractivity contribution in [2.45, 2.75) is 84.2 Å². The highest BCUT2D eigenvalue weighted by molar-refractivity contribution is 4.60. The zero-order valence-corrected chi connectivity index (χ0v) is 12.0. The maximum atomic E-state index is 9.75. The van der Waals surface area contributed by atoms with Gasteiger partial charge in [0, 0.05) is 6.54 Å². The second-order valence-corrected chi connectivity index (χ2v) is 5.12. The standard InChI is InChI=1S/C15H33NO/c1-3-5-7-8-9-10-12-15(17)14-16-13-11-6-4-2/h15-17H,3-14H2,1-2H3. The second-order valence-electron chi connectivity index (χ2n) is 5.12. The van der Waals surface area contributed by atoms with E-state index in [-0.39, 0.29) is 6.10 Å². The molecule has 1 unspecified atom stereocenters. The predicted molar refractivity (Wildman–Crippen MR) is 76.4 cm³/mol. The first kappa shape index (κ1) is 16.9. The van der Waals surface area contributed by atoms with Gasteiger partial charge in [-0.1, -0.05) is 65.2 Å². The van der Waals surface area contributed by atoms with Crippen molar-refractivity contribution in [3.8, 4) is 0 Å². The number of rotatable bonds is 13. The van der Waals surface area contributed by atoms with E-state index in [1.165, 1.54) is 57.8 Å². The van der Waals surface area contributed by atoms with Gasteiger partial charge in [0.25, 0.3) is 0 Å². The third-order valence-corrected chi connectivity index (χ3v) is 3.23. The van der Waals surface area contributed by atoms with Crippen molar-refractivity contribution in [3.63, 3.8) is 0 Å². The van der Waals surface area contributed by atoms with Crippen LogP contribution in [0.5, 0.6) is 0 Å². The topological polar surface area (TPSA) is 32.3 Å². The first-order chi connectivity index (χ1) is 8.31. The molecule has 0 radical (unpaired) electrons. The van der Waals surface area contributed by atoms with Crippen molar-refractivity contribution in [3.05, 3.63) is 0 Å². The molecule has 0 aliphatic carbocycles. The maximum absolute atomic E-state index is 9.75. The van der Waals surface area contributed by atoms with Gasteiger partial charge in [-0.15, -0.1) is 0 Å². The van der Waals surface area contributed by atoms with Crippen LogP contribution in [-0.4, -0.2) is 24.3 Å². The Kier molecular flexibility index (Phi) is 13.9. The van der Waals surface area contributed by atoms with E-state index in [1.54, 1.807) is 0 Å². The predicted octanol–water partition coefficient (Wildman–Crippen LogP) is 3.88. The third-order valence-electron chi connectivity index (χ3n) is 3.23. The Morgan fingerprint density at radius 3 is 2.12 bits per heavy atom. The van der Waals surface area contributed by atoms with E-state index in [9.17, 15) is 5.11 Å². The van der Waals surface area contributed by atoms with E-state index in [2.05, 4.69) is 19.2 Å². The minimum atomic E-state index is -0.136. The number of unbranched alkanes of at least 4 members (excludes halogenated alkanes) is 7. The van der Waals surface area contributed by atoms with Gasteiger partial charge < -0.3 is 10.4 Å². The molecule has 0 aromatic rings. The van der Waals surface area contributed by atoms with Crippen LogP contribution in [0.4, 0.5) is 0 Å². The van der Waals surface area contributed by atoms with E-state index in [0.29, 0.717) is 0 Å². The van der Waals surface area contributed by atoms with Crippen molar-refractivity contribution in [1.82, 2.24) is 5.32 Å². The average molecular weight is 243 g/mol. The van der Waals surface area contributed by atoms with Crippen LogP contribution in [-0.2, 0) is 0 Å². The number of hydrogen-bond acceptors (Lipinski definition) is 2. The smallest absolute Gasteiger partial charge is 0.0664 e. The van der Waals surface area contributed by atoms with E-state index in [0.717, 1.165) is 19.5 Å². The van der Waals surface area contributed by atoms with Crippen LogP contribution in [0.2, 0.25) is 0 Å². The van der Waals surface area contributed by atoms with E-state index in [1.807, 2.05) is 0 Å². The molecule has 0 saturated carbocycles. The van der Waals surface area contributed by atoms with Crippen molar-refractivity contribution >= 4 is 0 Å². The highest BCUT2D eigenvalue weighted by atomic mass is 16.3. The van der Waals surface area contributed by atoms with Gasteiger partial charge in [0.15, 0.2) is 0 Å². The monoisotopic (exact) mass is 243 g/mol. The maximum Gasteiger partial charge on any atom is 0.0664 e. The molecule has 0 aromatic carbocycles. The average Bonchev–Trinajstić information content (AvgIpc) is 2.33. The van der Waals surface area contributed by atoms with Gasteiger partial charge >= 0.3 is 0 Å².